The van der Waals surface area contributed by atoms with E-state index >= 15 is 0 Å². The molecular weight excluding hydrogens is 502 g/mol. The van der Waals surface area contributed by atoms with Crippen LogP contribution in [-0.4, -0.2) is 72.1 Å². The first kappa shape index (κ1) is 27.4. The minimum atomic E-state index is -0.642. The Labute approximate surface area is 226 Å². The van der Waals surface area contributed by atoms with Crippen molar-refractivity contribution in [2.24, 2.45) is 11.8 Å². The van der Waals surface area contributed by atoms with Crippen molar-refractivity contribution in [3.8, 4) is 6.07 Å². The Morgan fingerprint density at radius 3 is 2.66 bits per heavy atom. The number of amides is 3. The van der Waals surface area contributed by atoms with Crippen LogP contribution in [0.15, 0.2) is 24.3 Å². The predicted molar refractivity (Wildman–Crippen MR) is 148 cm³/mol. The first-order chi connectivity index (χ1) is 18.1. The van der Waals surface area contributed by atoms with Crippen LogP contribution in [0.2, 0.25) is 0 Å². The van der Waals surface area contributed by atoms with E-state index in [9.17, 15) is 14.4 Å². The number of nitrogens with zero attached hydrogens (tertiary/aromatic N) is 4. The summed E-state index contributed by atoms with van der Waals surface area (Å²) in [6.07, 6.45) is 2.39. The van der Waals surface area contributed by atoms with Gasteiger partial charge in [-0.25, -0.2) is 4.98 Å². The van der Waals surface area contributed by atoms with Crippen molar-refractivity contribution in [1.82, 2.24) is 20.1 Å². The third kappa shape index (κ3) is 6.62. The fourth-order valence-corrected chi connectivity index (χ4v) is 5.84. The zero-order valence-corrected chi connectivity index (χ0v) is 23.0. The van der Waals surface area contributed by atoms with E-state index in [2.05, 4.69) is 31.4 Å². The molecule has 11 heteroatoms. The maximum absolute atomic E-state index is 13.2. The monoisotopic (exact) mass is 536 g/mol. The van der Waals surface area contributed by atoms with Gasteiger partial charge in [-0.05, 0) is 45.4 Å². The van der Waals surface area contributed by atoms with Crippen LogP contribution in [0.4, 0.5) is 5.69 Å². The number of likely N-dealkylation sites (N-methyl/N-ethyl adjacent to an activating group) is 1. The number of hydrogen-bond acceptors (Lipinski definition) is 7. The van der Waals surface area contributed by atoms with Crippen molar-refractivity contribution in [2.75, 3.05) is 33.0 Å². The number of thiazole rings is 1. The lowest BCUT2D eigenvalue weighted by Gasteiger charge is -2.33. The van der Waals surface area contributed by atoms with Crippen molar-refractivity contribution in [3.63, 3.8) is 0 Å². The highest BCUT2D eigenvalue weighted by Crippen LogP contribution is 2.31. The van der Waals surface area contributed by atoms with Gasteiger partial charge in [0.1, 0.15) is 0 Å². The zero-order chi connectivity index (χ0) is 27.4. The molecule has 10 nitrogen and oxygen atoms in total. The van der Waals surface area contributed by atoms with Gasteiger partial charge in [0, 0.05) is 56.1 Å². The van der Waals surface area contributed by atoms with Crippen LogP contribution < -0.4 is 10.6 Å². The Morgan fingerprint density at radius 2 is 1.95 bits per heavy atom. The minimum absolute atomic E-state index is 0.0117. The molecule has 200 valence electrons. The number of benzene rings is 1. The Morgan fingerprint density at radius 1 is 1.21 bits per heavy atom. The summed E-state index contributed by atoms with van der Waals surface area (Å²) in [5.41, 5.74) is 2.61. The van der Waals surface area contributed by atoms with Crippen molar-refractivity contribution < 1.29 is 14.4 Å². The van der Waals surface area contributed by atoms with Crippen molar-refractivity contribution >= 4 is 40.6 Å². The first-order valence-electron chi connectivity index (χ1n) is 12.7. The molecule has 1 fully saturated rings. The summed E-state index contributed by atoms with van der Waals surface area (Å²) in [6.45, 7) is 3.63. The van der Waals surface area contributed by atoms with Crippen LogP contribution in [0.3, 0.4) is 0 Å². The van der Waals surface area contributed by atoms with Gasteiger partial charge in [0.05, 0.1) is 11.6 Å². The van der Waals surface area contributed by atoms with Crippen LogP contribution in [0, 0.1) is 30.2 Å². The molecule has 3 atom stereocenters. The third-order valence-electron chi connectivity index (χ3n) is 6.94. The molecule has 1 saturated carbocycles. The molecule has 3 N–H and O–H groups in total. The van der Waals surface area contributed by atoms with Crippen LogP contribution >= 0.6 is 11.3 Å². The number of amidine groups is 1. The van der Waals surface area contributed by atoms with E-state index in [0.717, 1.165) is 35.6 Å². The van der Waals surface area contributed by atoms with Gasteiger partial charge in [-0.2, -0.15) is 0 Å². The molecule has 38 heavy (non-hydrogen) atoms. The molecule has 2 heterocycles. The normalized spacial score (nSPS) is 20.9. The molecule has 1 aromatic heterocycles. The van der Waals surface area contributed by atoms with Crippen molar-refractivity contribution in [3.05, 3.63) is 50.3 Å². The molecule has 1 aliphatic carbocycles. The molecule has 0 bridgehead atoms. The van der Waals surface area contributed by atoms with Crippen LogP contribution in [0.1, 0.15) is 45.2 Å². The number of hydrogen-bond donors (Lipinski definition) is 3. The van der Waals surface area contributed by atoms with Gasteiger partial charge in [-0.3, -0.25) is 14.4 Å². The predicted octanol–water partition coefficient (Wildman–Crippen LogP) is 2.99. The molecule has 1 aliphatic heterocycles. The SMILES string of the molecule is Cc1ccc(NC(=O)C(=N)[N+]#CC2CC[C@H](C(=O)N(C)C)C[C@H]2NC(=O)c2nc3c(s2)CN(C)CC3)cc1. The van der Waals surface area contributed by atoms with Crippen LogP contribution in [-0.2, 0) is 22.6 Å². The average molecular weight is 537 g/mol. The highest BCUT2D eigenvalue weighted by Gasteiger charge is 2.37. The highest BCUT2D eigenvalue weighted by molar-refractivity contribution is 7.13. The molecule has 1 aromatic carbocycles. The largest absolute Gasteiger partial charge is 0.483 e. The molecule has 3 amide bonds. The molecule has 0 saturated heterocycles. The maximum atomic E-state index is 13.2. The fraction of sp³-hybridized carbons (Fsp3) is 0.481. The lowest BCUT2D eigenvalue weighted by molar-refractivity contribution is -0.134. The summed E-state index contributed by atoms with van der Waals surface area (Å²) in [4.78, 5) is 51.8. The standard InChI is InChI=1S/C27H33N7O3S/c1-16-5-9-19(10-6-16)30-24(35)23(28)29-14-18-8-7-17(27(37)33(2)3)13-21(18)31-25(36)26-32-20-11-12-34(4)15-22(20)38-26/h5-6,9-10,17-18,21,28H,7-8,11-13,15H2,1-4H3,(H-,30,31,35,36)/p+1/t17-,18?,21+/m0/s1. The van der Waals surface area contributed by atoms with Gasteiger partial charge in [-0.15, -0.1) is 16.2 Å². The Kier molecular flexibility index (Phi) is 8.54. The van der Waals surface area contributed by atoms with E-state index < -0.39 is 17.8 Å². The number of anilines is 1. The van der Waals surface area contributed by atoms with Crippen molar-refractivity contribution in [2.45, 2.75) is 45.2 Å². The fourth-order valence-electron chi connectivity index (χ4n) is 4.75. The number of rotatable bonds is 4. The second kappa shape index (κ2) is 11.8. The average Bonchev–Trinajstić information content (AvgIpc) is 3.32. The Hall–Kier alpha value is -3.62. The number of aromatic nitrogens is 1. The van der Waals surface area contributed by atoms with E-state index in [1.165, 1.54) is 11.3 Å². The zero-order valence-electron chi connectivity index (χ0n) is 22.2. The maximum Gasteiger partial charge on any atom is 0.483 e. The summed E-state index contributed by atoms with van der Waals surface area (Å²) < 4.78 is 0. The summed E-state index contributed by atoms with van der Waals surface area (Å²) in [6, 6.07) is 9.76. The topological polar surface area (TPSA) is 123 Å². The Balaban J connectivity index is 1.47. The first-order valence-corrected chi connectivity index (χ1v) is 13.5. The lowest BCUT2D eigenvalue weighted by Crippen LogP contribution is -2.46. The molecule has 4 rings (SSSR count). The van der Waals surface area contributed by atoms with E-state index in [1.807, 2.05) is 26.1 Å². The smallest absolute Gasteiger partial charge is 0.349 e. The van der Waals surface area contributed by atoms with Crippen LogP contribution in [0.25, 0.3) is 4.85 Å². The van der Waals surface area contributed by atoms with Gasteiger partial charge in [0.15, 0.2) is 11.1 Å². The van der Waals surface area contributed by atoms with Gasteiger partial charge in [-0.1, -0.05) is 23.1 Å². The van der Waals surface area contributed by atoms with E-state index in [0.29, 0.717) is 30.0 Å². The lowest BCUT2D eigenvalue weighted by atomic mass is 9.78. The molecule has 2 aliphatic rings. The molecule has 1 unspecified atom stereocenters. The number of nitrogens with one attached hydrogen (secondary N) is 3. The van der Waals surface area contributed by atoms with Gasteiger partial charge in [0.25, 0.3) is 5.91 Å². The summed E-state index contributed by atoms with van der Waals surface area (Å²) in [7, 11) is 5.49. The minimum Gasteiger partial charge on any atom is -0.349 e. The highest BCUT2D eigenvalue weighted by atomic mass is 32.1. The van der Waals surface area contributed by atoms with Gasteiger partial charge in [0.2, 0.25) is 5.91 Å². The second-order valence-corrected chi connectivity index (χ2v) is 11.3. The van der Waals surface area contributed by atoms with Crippen molar-refractivity contribution in [1.29, 1.82) is 5.41 Å². The molecule has 0 radical (unpaired) electrons. The van der Waals surface area contributed by atoms with Gasteiger partial charge < -0.3 is 20.4 Å². The molecular formula is C27H34N7O3S+. The Bertz CT molecular complexity index is 1290. The van der Waals surface area contributed by atoms with E-state index in [1.54, 1.807) is 31.1 Å². The third-order valence-corrected chi connectivity index (χ3v) is 8.02. The van der Waals surface area contributed by atoms with E-state index in [-0.39, 0.29) is 23.7 Å². The quantitative estimate of drug-likeness (QED) is 0.410. The number of aryl methyl sites for hydroxylation is 1. The number of carbonyl (C=O) groups excluding carboxylic acids is 3. The summed E-state index contributed by atoms with van der Waals surface area (Å²) in [5, 5.41) is 14.2. The van der Waals surface area contributed by atoms with Gasteiger partial charge >= 0.3 is 11.7 Å². The number of fused-ring (bicyclic) bond motifs is 1. The second-order valence-electron chi connectivity index (χ2n) is 10.2. The number of carbonyl (C=O) groups is 3. The van der Waals surface area contributed by atoms with Crippen LogP contribution in [0.5, 0.6) is 0 Å². The van der Waals surface area contributed by atoms with E-state index in [4.69, 9.17) is 5.41 Å². The molecule has 2 aromatic rings. The molecule has 0 spiro atoms. The summed E-state index contributed by atoms with van der Waals surface area (Å²) in [5.74, 6) is -1.98. The summed E-state index contributed by atoms with van der Waals surface area (Å²) >= 11 is 1.40.